The normalized spacial score (nSPS) is 16.0. The van der Waals surface area contributed by atoms with E-state index in [9.17, 15) is 4.79 Å². The summed E-state index contributed by atoms with van der Waals surface area (Å²) in [5.41, 5.74) is 0. The van der Waals surface area contributed by atoms with Crippen molar-refractivity contribution in [2.24, 2.45) is 10.9 Å². The van der Waals surface area contributed by atoms with Gasteiger partial charge in [0.05, 0.1) is 6.54 Å². The molecular formula is C21H38N6O2. The Labute approximate surface area is 174 Å². The van der Waals surface area contributed by atoms with Crippen molar-refractivity contribution in [1.29, 1.82) is 0 Å². The van der Waals surface area contributed by atoms with Gasteiger partial charge in [-0.05, 0) is 32.6 Å². The quantitative estimate of drug-likeness (QED) is 0.484. The maximum atomic E-state index is 12.6. The molecule has 0 aliphatic carbocycles. The van der Waals surface area contributed by atoms with Crippen LogP contribution < -0.4 is 10.6 Å². The topological polar surface area (TPSA) is 95.7 Å². The number of nitrogens with one attached hydrogen (secondary N) is 2. The molecule has 2 rings (SSSR count). The molecule has 164 valence electrons. The number of piperidine rings is 1. The monoisotopic (exact) mass is 406 g/mol. The Balaban J connectivity index is 1.82. The number of nitrogens with zero attached hydrogens (tertiary/aromatic N) is 4. The number of rotatable bonds is 9. The molecule has 0 unspecified atom stereocenters. The van der Waals surface area contributed by atoms with Gasteiger partial charge in [-0.25, -0.2) is 0 Å². The van der Waals surface area contributed by atoms with Crippen LogP contribution in [0.2, 0.25) is 0 Å². The largest absolute Gasteiger partial charge is 0.357 e. The van der Waals surface area contributed by atoms with E-state index in [1.807, 2.05) is 18.7 Å². The first kappa shape index (κ1) is 23.2. The van der Waals surface area contributed by atoms with Crippen LogP contribution in [0.3, 0.4) is 0 Å². The first-order valence-electron chi connectivity index (χ1n) is 11.1. The number of likely N-dealkylation sites (tertiary alicyclic amines) is 1. The Hall–Kier alpha value is -2.12. The second kappa shape index (κ2) is 11.8. The summed E-state index contributed by atoms with van der Waals surface area (Å²) in [7, 11) is 0. The summed E-state index contributed by atoms with van der Waals surface area (Å²) in [5, 5.41) is 10.8. The minimum atomic E-state index is 0.166. The van der Waals surface area contributed by atoms with Crippen molar-refractivity contribution in [3.05, 3.63) is 11.7 Å². The molecule has 8 heteroatoms. The predicted octanol–water partition coefficient (Wildman–Crippen LogP) is 2.72. The minimum Gasteiger partial charge on any atom is -0.357 e. The van der Waals surface area contributed by atoms with E-state index in [0.717, 1.165) is 57.1 Å². The van der Waals surface area contributed by atoms with Gasteiger partial charge in [-0.2, -0.15) is 4.98 Å². The second-order valence-corrected chi connectivity index (χ2v) is 7.97. The Morgan fingerprint density at radius 1 is 1.24 bits per heavy atom. The third-order valence-corrected chi connectivity index (χ3v) is 5.42. The van der Waals surface area contributed by atoms with Crippen molar-refractivity contribution in [3.8, 4) is 0 Å². The van der Waals surface area contributed by atoms with E-state index < -0.39 is 0 Å². The molecule has 0 aromatic carbocycles. The molecular weight excluding hydrogens is 368 g/mol. The first-order valence-corrected chi connectivity index (χ1v) is 11.1. The average Bonchev–Trinajstić information content (AvgIpc) is 3.19. The molecule has 1 saturated heterocycles. The van der Waals surface area contributed by atoms with E-state index >= 15 is 0 Å². The van der Waals surface area contributed by atoms with Crippen LogP contribution in [0, 0.1) is 5.92 Å². The van der Waals surface area contributed by atoms with Crippen molar-refractivity contribution < 1.29 is 9.32 Å². The minimum absolute atomic E-state index is 0.166. The highest BCUT2D eigenvalue weighted by Gasteiger charge is 2.26. The summed E-state index contributed by atoms with van der Waals surface area (Å²) in [6.45, 7) is 13.3. The second-order valence-electron chi connectivity index (χ2n) is 7.97. The molecule has 1 aliphatic heterocycles. The van der Waals surface area contributed by atoms with Crippen molar-refractivity contribution in [2.75, 3.05) is 26.2 Å². The van der Waals surface area contributed by atoms with Crippen molar-refractivity contribution >= 4 is 11.9 Å². The zero-order valence-corrected chi connectivity index (χ0v) is 18.7. The van der Waals surface area contributed by atoms with Gasteiger partial charge in [0, 0.05) is 43.9 Å². The molecule has 1 fully saturated rings. The highest BCUT2D eigenvalue weighted by atomic mass is 16.5. The zero-order valence-electron chi connectivity index (χ0n) is 18.7. The fraction of sp³-hybridized carbons (Fsp3) is 0.810. The van der Waals surface area contributed by atoms with E-state index in [2.05, 4.69) is 46.5 Å². The smallest absolute Gasteiger partial charge is 0.228 e. The number of aromatic nitrogens is 2. The van der Waals surface area contributed by atoms with Gasteiger partial charge in [0.1, 0.15) is 0 Å². The first-order chi connectivity index (χ1) is 14.0. The third kappa shape index (κ3) is 7.01. The molecule has 0 radical (unpaired) electrons. The number of aliphatic imine (C=N–C) groups is 1. The molecule has 1 aliphatic rings. The Kier molecular flexibility index (Phi) is 9.41. The van der Waals surface area contributed by atoms with E-state index in [1.54, 1.807) is 0 Å². The number of hydrogen-bond donors (Lipinski definition) is 2. The maximum absolute atomic E-state index is 12.6. The standard InChI is InChI=1S/C21H38N6O2/c1-6-16(7-2)20(28)27-13-10-17(11-14-27)24-21(22-8-3)23-12-9-18-25-19(15(4)5)26-29-18/h15-17H,6-14H2,1-5H3,(H2,22,23,24). The lowest BCUT2D eigenvalue weighted by atomic mass is 9.98. The molecule has 0 atom stereocenters. The molecule has 0 spiro atoms. The van der Waals surface area contributed by atoms with Crippen LogP contribution in [-0.2, 0) is 11.2 Å². The van der Waals surface area contributed by atoms with Crippen molar-refractivity contribution in [1.82, 2.24) is 25.7 Å². The average molecular weight is 407 g/mol. The number of carbonyl (C=O) groups is 1. The highest BCUT2D eigenvalue weighted by Crippen LogP contribution is 2.17. The highest BCUT2D eigenvalue weighted by molar-refractivity contribution is 5.80. The number of hydrogen-bond acceptors (Lipinski definition) is 5. The lowest BCUT2D eigenvalue weighted by Crippen LogP contribution is -2.50. The summed E-state index contributed by atoms with van der Waals surface area (Å²) in [6, 6.07) is 0.328. The summed E-state index contributed by atoms with van der Waals surface area (Å²) in [6.07, 6.45) is 4.35. The van der Waals surface area contributed by atoms with E-state index in [-0.39, 0.29) is 11.8 Å². The summed E-state index contributed by atoms with van der Waals surface area (Å²) < 4.78 is 5.28. The third-order valence-electron chi connectivity index (χ3n) is 5.42. The fourth-order valence-electron chi connectivity index (χ4n) is 3.52. The predicted molar refractivity (Wildman–Crippen MR) is 115 cm³/mol. The molecule has 1 aromatic rings. The molecule has 29 heavy (non-hydrogen) atoms. The lowest BCUT2D eigenvalue weighted by molar-refractivity contribution is -0.136. The summed E-state index contributed by atoms with van der Waals surface area (Å²) >= 11 is 0. The van der Waals surface area contributed by atoms with Crippen LogP contribution in [0.15, 0.2) is 9.52 Å². The van der Waals surface area contributed by atoms with Gasteiger partial charge in [-0.1, -0.05) is 32.9 Å². The van der Waals surface area contributed by atoms with E-state index in [4.69, 9.17) is 4.52 Å². The maximum Gasteiger partial charge on any atom is 0.228 e. The molecule has 1 amide bonds. The number of amides is 1. The Bertz CT molecular complexity index is 645. The van der Waals surface area contributed by atoms with Gasteiger partial charge in [0.2, 0.25) is 11.8 Å². The Morgan fingerprint density at radius 3 is 2.48 bits per heavy atom. The van der Waals surface area contributed by atoms with Gasteiger partial charge in [-0.3, -0.25) is 9.79 Å². The van der Waals surface area contributed by atoms with Crippen LogP contribution in [0.4, 0.5) is 0 Å². The van der Waals surface area contributed by atoms with Gasteiger partial charge >= 0.3 is 0 Å². The molecule has 1 aromatic heterocycles. The van der Waals surface area contributed by atoms with Gasteiger partial charge in [0.25, 0.3) is 0 Å². The van der Waals surface area contributed by atoms with Gasteiger partial charge in [0.15, 0.2) is 11.8 Å². The van der Waals surface area contributed by atoms with E-state index in [1.165, 1.54) is 0 Å². The van der Waals surface area contributed by atoms with Crippen molar-refractivity contribution in [2.45, 2.75) is 78.7 Å². The van der Waals surface area contributed by atoms with Crippen LogP contribution in [0.25, 0.3) is 0 Å². The molecule has 2 heterocycles. The van der Waals surface area contributed by atoms with Crippen LogP contribution in [0.1, 0.15) is 77.9 Å². The molecule has 2 N–H and O–H groups in total. The van der Waals surface area contributed by atoms with Gasteiger partial charge < -0.3 is 20.1 Å². The van der Waals surface area contributed by atoms with Gasteiger partial charge in [-0.15, -0.1) is 0 Å². The number of guanidine groups is 1. The Morgan fingerprint density at radius 2 is 1.93 bits per heavy atom. The van der Waals surface area contributed by atoms with Crippen LogP contribution >= 0.6 is 0 Å². The fourth-order valence-corrected chi connectivity index (χ4v) is 3.52. The van der Waals surface area contributed by atoms with Crippen LogP contribution in [0.5, 0.6) is 0 Å². The molecule has 0 bridgehead atoms. The molecule has 8 nitrogen and oxygen atoms in total. The zero-order chi connectivity index (χ0) is 21.2. The summed E-state index contributed by atoms with van der Waals surface area (Å²) in [4.78, 5) is 23.6. The summed E-state index contributed by atoms with van der Waals surface area (Å²) in [5.74, 6) is 2.91. The number of carbonyl (C=O) groups excluding carboxylic acids is 1. The SMILES string of the molecule is CCNC(=NCCc1nc(C(C)C)no1)NC1CCN(C(=O)C(CC)CC)CC1. The van der Waals surface area contributed by atoms with Crippen LogP contribution in [-0.4, -0.2) is 59.1 Å². The molecule has 0 saturated carbocycles. The van der Waals surface area contributed by atoms with E-state index in [0.29, 0.717) is 30.8 Å². The lowest BCUT2D eigenvalue weighted by Gasteiger charge is -2.34. The van der Waals surface area contributed by atoms with Crippen molar-refractivity contribution in [3.63, 3.8) is 0 Å².